The Bertz CT molecular complexity index is 1100. The molecule has 1 unspecified atom stereocenters. The molecule has 4 fully saturated rings. The molecule has 1 saturated carbocycles. The second-order valence-electron chi connectivity index (χ2n) is 10.6. The number of nitrogens with one attached hydrogen (secondary N) is 1. The minimum absolute atomic E-state index is 0.0435. The molecule has 0 bridgehead atoms. The Morgan fingerprint density at radius 3 is 2.68 bits per heavy atom. The molecule has 0 spiro atoms. The number of alkyl halides is 1. The summed E-state index contributed by atoms with van der Waals surface area (Å²) < 4.78 is 25.4. The molecule has 1 aromatic heterocycles. The fourth-order valence-electron chi connectivity index (χ4n) is 6.30. The molecule has 1 amide bonds. The highest BCUT2D eigenvalue weighted by Gasteiger charge is 2.55. The monoisotopic (exact) mass is 487 g/mol. The number of pyridine rings is 1. The van der Waals surface area contributed by atoms with Crippen LogP contribution in [-0.2, 0) is 14.3 Å². The van der Waals surface area contributed by atoms with Crippen LogP contribution in [0.25, 0.3) is 10.8 Å². The van der Waals surface area contributed by atoms with Crippen LogP contribution >= 0.6 is 11.6 Å². The van der Waals surface area contributed by atoms with Gasteiger partial charge in [-0.2, -0.15) is 0 Å². The molecule has 6 nitrogen and oxygen atoms in total. The van der Waals surface area contributed by atoms with Crippen molar-refractivity contribution >= 4 is 34.1 Å². The smallest absolute Gasteiger partial charge is 0.229 e. The SMILES string of the molecule is C[C@@]1(N2CCC(c3cc4cc(NC(=O)C5[C@@H]6CCOC[C@@H]56)ncc4cc3Cl)CC2)COC[C@@H]1F. The number of piperidine rings is 1. The quantitative estimate of drug-likeness (QED) is 0.691. The van der Waals surface area contributed by atoms with E-state index < -0.39 is 11.7 Å². The van der Waals surface area contributed by atoms with Crippen molar-refractivity contribution in [2.24, 2.45) is 17.8 Å². The van der Waals surface area contributed by atoms with Gasteiger partial charge in [0.1, 0.15) is 12.0 Å². The summed E-state index contributed by atoms with van der Waals surface area (Å²) in [5, 5.41) is 5.73. The molecule has 3 aliphatic heterocycles. The zero-order valence-electron chi connectivity index (χ0n) is 19.4. The van der Waals surface area contributed by atoms with Crippen molar-refractivity contribution in [3.05, 3.63) is 35.0 Å². The first-order valence-corrected chi connectivity index (χ1v) is 12.8. The minimum atomic E-state index is -0.943. The number of hydrogen-bond acceptors (Lipinski definition) is 5. The number of aromatic nitrogens is 1. The largest absolute Gasteiger partial charge is 0.381 e. The van der Waals surface area contributed by atoms with Crippen molar-refractivity contribution in [1.82, 2.24) is 9.88 Å². The lowest BCUT2D eigenvalue weighted by Gasteiger charge is -2.43. The zero-order chi connectivity index (χ0) is 23.4. The van der Waals surface area contributed by atoms with Gasteiger partial charge in [-0.15, -0.1) is 0 Å². The normalized spacial score (nSPS) is 34.2. The first-order valence-electron chi connectivity index (χ1n) is 12.4. The average molecular weight is 488 g/mol. The van der Waals surface area contributed by atoms with Gasteiger partial charge < -0.3 is 14.8 Å². The van der Waals surface area contributed by atoms with Gasteiger partial charge >= 0.3 is 0 Å². The molecule has 2 aromatic rings. The number of nitrogens with zero attached hydrogens (tertiary/aromatic N) is 2. The summed E-state index contributed by atoms with van der Waals surface area (Å²) in [4.78, 5) is 19.5. The Labute approximate surface area is 204 Å². The Balaban J connectivity index is 1.16. The van der Waals surface area contributed by atoms with Gasteiger partial charge in [0.15, 0.2) is 0 Å². The number of rotatable bonds is 4. The van der Waals surface area contributed by atoms with Gasteiger partial charge in [-0.25, -0.2) is 9.37 Å². The first-order chi connectivity index (χ1) is 16.4. The molecule has 3 saturated heterocycles. The molecule has 34 heavy (non-hydrogen) atoms. The summed E-state index contributed by atoms with van der Waals surface area (Å²) in [6.45, 7) is 5.70. The molecule has 6 rings (SSSR count). The number of likely N-dealkylation sites (tertiary alicyclic amines) is 1. The van der Waals surface area contributed by atoms with Crippen molar-refractivity contribution < 1.29 is 18.7 Å². The minimum Gasteiger partial charge on any atom is -0.381 e. The molecule has 8 heteroatoms. The molecule has 1 aliphatic carbocycles. The zero-order valence-corrected chi connectivity index (χ0v) is 20.2. The molecule has 1 aromatic carbocycles. The summed E-state index contributed by atoms with van der Waals surface area (Å²) in [6.07, 6.45) is 3.65. The summed E-state index contributed by atoms with van der Waals surface area (Å²) in [7, 11) is 0. The third kappa shape index (κ3) is 3.91. The summed E-state index contributed by atoms with van der Waals surface area (Å²) in [5.74, 6) is 1.80. The van der Waals surface area contributed by atoms with Crippen molar-refractivity contribution in [3.63, 3.8) is 0 Å². The fraction of sp³-hybridized carbons (Fsp3) is 0.615. The van der Waals surface area contributed by atoms with Gasteiger partial charge in [-0.1, -0.05) is 11.6 Å². The van der Waals surface area contributed by atoms with Crippen LogP contribution in [-0.4, -0.2) is 67.0 Å². The number of amides is 1. The number of fused-ring (bicyclic) bond motifs is 2. The Morgan fingerprint density at radius 2 is 1.97 bits per heavy atom. The van der Waals surface area contributed by atoms with Crippen LogP contribution < -0.4 is 5.32 Å². The van der Waals surface area contributed by atoms with Gasteiger partial charge in [-0.3, -0.25) is 9.69 Å². The highest BCUT2D eigenvalue weighted by molar-refractivity contribution is 6.32. The molecule has 4 heterocycles. The third-order valence-electron chi connectivity index (χ3n) is 8.62. The number of anilines is 1. The molecule has 4 aliphatic rings. The maximum Gasteiger partial charge on any atom is 0.229 e. The van der Waals surface area contributed by atoms with Crippen LogP contribution in [0, 0.1) is 17.8 Å². The Hall–Kier alpha value is -1.80. The number of carbonyl (C=O) groups is 1. The predicted molar refractivity (Wildman–Crippen MR) is 129 cm³/mol. The molecular weight excluding hydrogens is 457 g/mol. The third-order valence-corrected chi connectivity index (χ3v) is 8.95. The summed E-state index contributed by atoms with van der Waals surface area (Å²) >= 11 is 6.69. The van der Waals surface area contributed by atoms with Crippen molar-refractivity contribution in [1.29, 1.82) is 0 Å². The lowest BCUT2D eigenvalue weighted by Crippen LogP contribution is -2.55. The maximum absolute atomic E-state index is 14.5. The van der Waals surface area contributed by atoms with E-state index >= 15 is 0 Å². The Morgan fingerprint density at radius 1 is 1.15 bits per heavy atom. The van der Waals surface area contributed by atoms with E-state index in [-0.39, 0.29) is 18.4 Å². The van der Waals surface area contributed by atoms with E-state index in [0.29, 0.717) is 36.8 Å². The van der Waals surface area contributed by atoms with Crippen LogP contribution in [0.2, 0.25) is 5.02 Å². The van der Waals surface area contributed by atoms with Gasteiger partial charge in [0.25, 0.3) is 0 Å². The molecular formula is C26H31ClFN3O3. The second-order valence-corrected chi connectivity index (χ2v) is 11.0. The first kappa shape index (κ1) is 22.7. The topological polar surface area (TPSA) is 63.7 Å². The van der Waals surface area contributed by atoms with Crippen LogP contribution in [0.5, 0.6) is 0 Å². The van der Waals surface area contributed by atoms with Gasteiger partial charge in [-0.05, 0) is 86.2 Å². The fourth-order valence-corrected chi connectivity index (χ4v) is 6.62. The van der Waals surface area contributed by atoms with E-state index in [9.17, 15) is 9.18 Å². The second kappa shape index (κ2) is 8.70. The summed E-state index contributed by atoms with van der Waals surface area (Å²) in [5.41, 5.74) is 0.592. The molecule has 1 N–H and O–H groups in total. The van der Waals surface area contributed by atoms with E-state index in [4.69, 9.17) is 21.1 Å². The van der Waals surface area contributed by atoms with Gasteiger partial charge in [0, 0.05) is 29.1 Å². The van der Waals surface area contributed by atoms with Crippen LogP contribution in [0.15, 0.2) is 24.4 Å². The van der Waals surface area contributed by atoms with Crippen LogP contribution in [0.3, 0.4) is 0 Å². The number of hydrogen-bond donors (Lipinski definition) is 1. The Kier molecular flexibility index (Phi) is 5.79. The maximum atomic E-state index is 14.5. The molecule has 0 radical (unpaired) electrons. The number of carbonyl (C=O) groups excluding carboxylic acids is 1. The van der Waals surface area contributed by atoms with Gasteiger partial charge in [0.2, 0.25) is 5.91 Å². The standard InChI is InChI=1S/C26H31ClFN3O3/c1-26(14-34-13-22(26)28)31-5-2-15(3-6-31)19-8-16-10-23(29-11-17(16)9-21(19)27)30-25(32)24-18-4-7-33-12-20(18)24/h8-11,15,18,20,22,24H,2-7,12-14H2,1H3,(H,29,30,32)/t18-,20-,22+,24?,26-/m1/s1. The lowest BCUT2D eigenvalue weighted by molar-refractivity contribution is -0.117. The van der Waals surface area contributed by atoms with E-state index in [1.807, 2.05) is 19.1 Å². The van der Waals surface area contributed by atoms with E-state index in [1.54, 1.807) is 6.20 Å². The van der Waals surface area contributed by atoms with Crippen molar-refractivity contribution in [3.8, 4) is 0 Å². The number of ether oxygens (including phenoxy) is 2. The van der Waals surface area contributed by atoms with Crippen LogP contribution in [0.4, 0.5) is 10.2 Å². The molecule has 5 atom stereocenters. The van der Waals surface area contributed by atoms with Gasteiger partial charge in [0.05, 0.1) is 25.4 Å². The average Bonchev–Trinajstić information content (AvgIpc) is 3.48. The number of benzene rings is 1. The van der Waals surface area contributed by atoms with E-state index in [0.717, 1.165) is 60.3 Å². The van der Waals surface area contributed by atoms with Crippen LogP contribution in [0.1, 0.15) is 37.7 Å². The highest BCUT2D eigenvalue weighted by atomic mass is 35.5. The molecule has 182 valence electrons. The number of halogens is 2. The highest BCUT2D eigenvalue weighted by Crippen LogP contribution is 2.51. The van der Waals surface area contributed by atoms with Crippen molar-refractivity contribution in [2.75, 3.05) is 44.8 Å². The van der Waals surface area contributed by atoms with Crippen molar-refractivity contribution in [2.45, 2.75) is 43.8 Å². The van der Waals surface area contributed by atoms with E-state index in [2.05, 4.69) is 21.3 Å². The summed E-state index contributed by atoms with van der Waals surface area (Å²) in [6, 6.07) is 6.04. The lowest BCUT2D eigenvalue weighted by atomic mass is 9.85. The van der Waals surface area contributed by atoms with E-state index in [1.165, 1.54) is 0 Å². The predicted octanol–water partition coefficient (Wildman–Crippen LogP) is 4.42.